The third-order valence-electron chi connectivity index (χ3n) is 12.8. The van der Waals surface area contributed by atoms with Gasteiger partial charge in [-0.2, -0.15) is 5.10 Å². The van der Waals surface area contributed by atoms with E-state index in [1.165, 1.54) is 30.9 Å². The van der Waals surface area contributed by atoms with E-state index in [4.69, 9.17) is 13.6 Å². The zero-order chi connectivity index (χ0) is 44.2. The molecule has 3 fully saturated rings. The van der Waals surface area contributed by atoms with Crippen LogP contribution in [0.5, 0.6) is 0 Å². The number of nitrogens with zero attached hydrogens (tertiary/aromatic N) is 5. The van der Waals surface area contributed by atoms with Crippen molar-refractivity contribution in [3.05, 3.63) is 89.9 Å². The molecule has 1 unspecified atom stereocenters. The first-order chi connectivity index (χ1) is 31.1. The Morgan fingerprint density at radius 2 is 1.81 bits per heavy atom. The summed E-state index contributed by atoms with van der Waals surface area (Å²) < 4.78 is 47.3. The predicted molar refractivity (Wildman–Crippen MR) is 237 cm³/mol. The molecule has 16 heteroatoms. The fourth-order valence-electron chi connectivity index (χ4n) is 9.16. The van der Waals surface area contributed by atoms with Crippen LogP contribution in [0.2, 0.25) is 0 Å². The number of anilines is 2. The molecule has 0 bridgehead atoms. The molecule has 6 aromatic rings. The topological polar surface area (TPSA) is 170 Å². The van der Waals surface area contributed by atoms with Gasteiger partial charge in [0.15, 0.2) is 11.4 Å². The highest BCUT2D eigenvalue weighted by Crippen LogP contribution is 2.38. The van der Waals surface area contributed by atoms with E-state index < -0.39 is 23.9 Å². The normalized spacial score (nSPS) is 19.2. The lowest BCUT2D eigenvalue weighted by Crippen LogP contribution is -2.39. The van der Waals surface area contributed by atoms with Crippen LogP contribution in [0.3, 0.4) is 0 Å². The molecular weight excluding hydrogens is 823 g/mol. The molecule has 64 heavy (non-hydrogen) atoms. The van der Waals surface area contributed by atoms with Gasteiger partial charge >= 0.3 is 0 Å². The van der Waals surface area contributed by atoms with Crippen LogP contribution in [0.25, 0.3) is 33.2 Å². The SMILES string of the molecule is CN(CCCOCCCc1ccc2c(ccc3occ(C4CCC(=O)NC4=O)c32)c1)CC1CCC(n2cc(NC(=O)c3coc(-c4ccnc(NCC5CC5)c4)n3)c(C(F)F)n2)CC1. The third-order valence-corrected chi connectivity index (χ3v) is 12.8. The van der Waals surface area contributed by atoms with E-state index in [9.17, 15) is 23.2 Å². The average molecular weight is 877 g/mol. The zero-order valence-corrected chi connectivity index (χ0v) is 36.0. The Hall–Kier alpha value is -6.00. The quantitative estimate of drug-likeness (QED) is 0.0524. The number of hydrogen-bond acceptors (Lipinski definition) is 11. The van der Waals surface area contributed by atoms with E-state index in [1.54, 1.807) is 29.3 Å². The maximum absolute atomic E-state index is 14.2. The molecule has 9 rings (SSSR count). The fourth-order valence-corrected chi connectivity index (χ4v) is 9.16. The lowest BCUT2D eigenvalue weighted by molar-refractivity contribution is -0.134. The summed E-state index contributed by atoms with van der Waals surface area (Å²) in [6.45, 7) is 4.08. The first-order valence-corrected chi connectivity index (χ1v) is 22.5. The van der Waals surface area contributed by atoms with Gasteiger partial charge in [-0.25, -0.2) is 18.7 Å². The number of piperidine rings is 1. The van der Waals surface area contributed by atoms with Crippen molar-refractivity contribution in [1.29, 1.82) is 0 Å². The van der Waals surface area contributed by atoms with E-state index in [2.05, 4.69) is 61.2 Å². The van der Waals surface area contributed by atoms with Gasteiger partial charge in [-0.15, -0.1) is 0 Å². The molecule has 1 aliphatic heterocycles. The van der Waals surface area contributed by atoms with Gasteiger partial charge in [-0.1, -0.05) is 24.3 Å². The van der Waals surface area contributed by atoms with Crippen LogP contribution >= 0.6 is 0 Å². The number of benzene rings is 2. The molecule has 2 aliphatic carbocycles. The van der Waals surface area contributed by atoms with Crippen LogP contribution in [0, 0.1) is 11.8 Å². The van der Waals surface area contributed by atoms with Crippen molar-refractivity contribution >= 4 is 51.0 Å². The van der Waals surface area contributed by atoms with E-state index in [-0.39, 0.29) is 35.1 Å². The van der Waals surface area contributed by atoms with Gasteiger partial charge in [0.05, 0.1) is 23.9 Å². The standard InChI is InChI=1S/C48H54F2N8O6/c1-57(19-3-21-62-20-2-4-29-9-13-35-32(22-29)10-15-40-43(35)37(27-63-40)36-14-16-42(59)55-46(36)60)25-31-7-11-34(12-8-31)58-26-38(44(56-58)45(49)50)53-47(61)39-28-64-48(54-39)33-17-18-51-41(23-33)52-24-30-5-6-30/h9-10,13,15,17-18,22-23,26-28,30-31,34,36,45H,2-8,11-12,14,16,19-21,24-25H2,1H3,(H,51,52)(H,53,61)(H,55,59,60). The lowest BCUT2D eigenvalue weighted by Gasteiger charge is -2.31. The minimum absolute atomic E-state index is 0.0238. The second kappa shape index (κ2) is 19.4. The largest absolute Gasteiger partial charge is 0.464 e. The van der Waals surface area contributed by atoms with Gasteiger partial charge in [0.2, 0.25) is 17.7 Å². The number of aromatic nitrogens is 4. The van der Waals surface area contributed by atoms with Crippen molar-refractivity contribution in [1.82, 2.24) is 30.0 Å². The number of carbonyl (C=O) groups excluding carboxylic acids is 3. The van der Waals surface area contributed by atoms with Crippen molar-refractivity contribution in [3.8, 4) is 11.5 Å². The molecule has 0 spiro atoms. The van der Waals surface area contributed by atoms with Gasteiger partial charge in [-0.3, -0.25) is 24.4 Å². The van der Waals surface area contributed by atoms with Crippen LogP contribution < -0.4 is 16.0 Å². The van der Waals surface area contributed by atoms with Crippen molar-refractivity contribution in [2.24, 2.45) is 11.8 Å². The first kappa shape index (κ1) is 43.3. The second-order valence-electron chi connectivity index (χ2n) is 17.6. The summed E-state index contributed by atoms with van der Waals surface area (Å²) in [5.41, 5.74) is 2.91. The number of oxazole rings is 1. The number of halogens is 2. The summed E-state index contributed by atoms with van der Waals surface area (Å²) in [6.07, 6.45) is 12.6. The van der Waals surface area contributed by atoms with Gasteiger partial charge < -0.3 is 29.1 Å². The molecule has 336 valence electrons. The number of pyridine rings is 1. The van der Waals surface area contributed by atoms with Crippen LogP contribution in [0.4, 0.5) is 20.3 Å². The predicted octanol–water partition coefficient (Wildman–Crippen LogP) is 9.07. The van der Waals surface area contributed by atoms with Gasteiger partial charge in [-0.05, 0) is 118 Å². The molecular formula is C48H54F2N8O6. The molecule has 1 atom stereocenters. The molecule has 1 saturated heterocycles. The number of furan rings is 1. The van der Waals surface area contributed by atoms with Crippen LogP contribution in [-0.4, -0.2) is 82.3 Å². The number of alkyl halides is 2. The summed E-state index contributed by atoms with van der Waals surface area (Å²) in [7, 11) is 2.13. The molecule has 3 aliphatic rings. The van der Waals surface area contributed by atoms with E-state index in [0.29, 0.717) is 49.3 Å². The van der Waals surface area contributed by atoms with E-state index in [1.807, 2.05) is 12.1 Å². The Kier molecular flexibility index (Phi) is 13.1. The number of nitrogens with one attached hydrogen (secondary N) is 3. The van der Waals surface area contributed by atoms with Crippen molar-refractivity contribution in [2.75, 3.05) is 50.5 Å². The van der Waals surface area contributed by atoms with Crippen LogP contribution in [0.1, 0.15) is 110 Å². The molecule has 0 radical (unpaired) electrons. The van der Waals surface area contributed by atoms with Crippen molar-refractivity contribution in [3.63, 3.8) is 0 Å². The number of carbonyl (C=O) groups is 3. The summed E-state index contributed by atoms with van der Waals surface area (Å²) in [5.74, 6) is 0.534. The number of amides is 3. The number of hydrogen-bond donors (Lipinski definition) is 3. The molecule has 3 N–H and O–H groups in total. The van der Waals surface area contributed by atoms with Crippen molar-refractivity contribution < 1.29 is 36.7 Å². The van der Waals surface area contributed by atoms with E-state index in [0.717, 1.165) is 91.9 Å². The minimum atomic E-state index is -2.86. The maximum atomic E-state index is 14.2. The minimum Gasteiger partial charge on any atom is -0.464 e. The highest BCUT2D eigenvalue weighted by atomic mass is 19.3. The molecule has 4 aromatic heterocycles. The Morgan fingerprint density at radius 1 is 0.984 bits per heavy atom. The molecule has 2 aromatic carbocycles. The molecule has 5 heterocycles. The Morgan fingerprint density at radius 3 is 2.62 bits per heavy atom. The lowest BCUT2D eigenvalue weighted by atomic mass is 9.86. The van der Waals surface area contributed by atoms with Crippen molar-refractivity contribution in [2.45, 2.75) is 89.0 Å². The molecule has 2 saturated carbocycles. The third kappa shape index (κ3) is 10.2. The number of fused-ring (bicyclic) bond motifs is 3. The number of aryl methyl sites for hydroxylation is 1. The first-order valence-electron chi connectivity index (χ1n) is 22.5. The highest BCUT2D eigenvalue weighted by molar-refractivity contribution is 6.10. The number of rotatable bonds is 19. The summed E-state index contributed by atoms with van der Waals surface area (Å²) in [5, 5.41) is 15.7. The van der Waals surface area contributed by atoms with E-state index >= 15 is 0 Å². The second-order valence-corrected chi connectivity index (χ2v) is 17.6. The highest BCUT2D eigenvalue weighted by Gasteiger charge is 2.32. The summed E-state index contributed by atoms with van der Waals surface area (Å²) >= 11 is 0. The summed E-state index contributed by atoms with van der Waals surface area (Å²) in [4.78, 5) is 48.5. The summed E-state index contributed by atoms with van der Waals surface area (Å²) in [6, 6.07) is 13.9. The maximum Gasteiger partial charge on any atom is 0.284 e. The fraction of sp³-hybridized carbons (Fsp3) is 0.458. The monoisotopic (exact) mass is 876 g/mol. The smallest absolute Gasteiger partial charge is 0.284 e. The molecule has 3 amide bonds. The van der Waals surface area contributed by atoms with Crippen LogP contribution in [0.15, 0.2) is 76.2 Å². The van der Waals surface area contributed by atoms with Gasteiger partial charge in [0.1, 0.15) is 17.7 Å². The van der Waals surface area contributed by atoms with Gasteiger partial charge in [0.25, 0.3) is 12.3 Å². The Balaban J connectivity index is 0.685. The number of imide groups is 1. The van der Waals surface area contributed by atoms with Crippen LogP contribution in [-0.2, 0) is 20.7 Å². The van der Waals surface area contributed by atoms with Gasteiger partial charge in [0, 0.05) is 68.2 Å². The Labute approximate surface area is 369 Å². The average Bonchev–Trinajstić information content (AvgIpc) is 3.61. The Bertz CT molecular complexity index is 2610. The zero-order valence-electron chi connectivity index (χ0n) is 36.0. The number of ether oxygens (including phenoxy) is 1. The molecule has 14 nitrogen and oxygen atoms in total.